The second-order valence-corrected chi connectivity index (χ2v) is 15.0. The first-order chi connectivity index (χ1) is 24.5. The zero-order chi connectivity index (χ0) is 34.2. The molecule has 2 aliphatic rings. The van der Waals surface area contributed by atoms with Crippen LogP contribution >= 0.6 is 11.3 Å². The first-order valence-electron chi connectivity index (χ1n) is 18.1. The SMILES string of the molecule is O=C(O)C(Cc1ccc(-c2ccc(-c3cc(CCCc4ccc(C5CCCCC5)cc4)c[nH]3)cc2)s1)C1(CCOc2ccccc2)C=CC=N1. The van der Waals surface area contributed by atoms with Gasteiger partial charge >= 0.3 is 5.97 Å². The summed E-state index contributed by atoms with van der Waals surface area (Å²) >= 11 is 1.65. The number of carboxylic acid groups (broad SMARTS) is 1. The van der Waals surface area contributed by atoms with Crippen LogP contribution in [0, 0.1) is 5.92 Å². The van der Waals surface area contributed by atoms with Crippen LogP contribution < -0.4 is 4.74 Å². The van der Waals surface area contributed by atoms with Crippen LogP contribution in [0.2, 0.25) is 0 Å². The fraction of sp³-hybridized carbons (Fsp3) is 0.318. The molecule has 1 aliphatic carbocycles. The Labute approximate surface area is 299 Å². The molecule has 50 heavy (non-hydrogen) atoms. The van der Waals surface area contributed by atoms with Gasteiger partial charge in [0.15, 0.2) is 0 Å². The number of aromatic nitrogens is 1. The van der Waals surface area contributed by atoms with E-state index in [1.165, 1.54) is 48.8 Å². The van der Waals surface area contributed by atoms with E-state index in [4.69, 9.17) is 4.74 Å². The molecule has 0 spiro atoms. The number of hydrogen-bond donors (Lipinski definition) is 2. The molecule has 0 amide bonds. The molecule has 3 aromatic carbocycles. The van der Waals surface area contributed by atoms with Crippen LogP contribution in [0.15, 0.2) is 120 Å². The predicted octanol–water partition coefficient (Wildman–Crippen LogP) is 10.7. The third kappa shape index (κ3) is 8.19. The molecular weight excluding hydrogens is 637 g/mol. The number of benzene rings is 3. The lowest BCUT2D eigenvalue weighted by molar-refractivity contribution is -0.143. The molecule has 2 atom stereocenters. The summed E-state index contributed by atoms with van der Waals surface area (Å²) in [5.41, 5.74) is 6.89. The number of para-hydroxylation sites is 1. The summed E-state index contributed by atoms with van der Waals surface area (Å²) < 4.78 is 5.93. The van der Waals surface area contributed by atoms with Crippen molar-refractivity contribution in [3.8, 4) is 27.4 Å². The Morgan fingerprint density at radius 1 is 0.900 bits per heavy atom. The van der Waals surface area contributed by atoms with Crippen molar-refractivity contribution < 1.29 is 14.6 Å². The van der Waals surface area contributed by atoms with E-state index in [1.807, 2.05) is 42.5 Å². The van der Waals surface area contributed by atoms with Crippen molar-refractivity contribution in [3.63, 3.8) is 0 Å². The number of aliphatic imine (C=N–C) groups is 1. The van der Waals surface area contributed by atoms with Gasteiger partial charge < -0.3 is 14.8 Å². The molecule has 2 aromatic heterocycles. The van der Waals surface area contributed by atoms with Crippen LogP contribution in [0.1, 0.15) is 72.4 Å². The highest BCUT2D eigenvalue weighted by molar-refractivity contribution is 7.15. The van der Waals surface area contributed by atoms with Crippen LogP contribution in [0.5, 0.6) is 5.75 Å². The molecule has 3 heterocycles. The van der Waals surface area contributed by atoms with Gasteiger partial charge in [0.25, 0.3) is 0 Å². The van der Waals surface area contributed by atoms with E-state index in [0.29, 0.717) is 19.4 Å². The largest absolute Gasteiger partial charge is 0.493 e. The van der Waals surface area contributed by atoms with Crippen molar-refractivity contribution in [1.82, 2.24) is 4.98 Å². The molecule has 7 rings (SSSR count). The van der Waals surface area contributed by atoms with E-state index in [2.05, 4.69) is 82.9 Å². The van der Waals surface area contributed by atoms with Gasteiger partial charge in [-0.15, -0.1) is 11.3 Å². The molecule has 5 nitrogen and oxygen atoms in total. The quantitative estimate of drug-likeness (QED) is 0.115. The fourth-order valence-corrected chi connectivity index (χ4v) is 8.65. The number of carbonyl (C=O) groups is 1. The molecule has 0 bridgehead atoms. The Morgan fingerprint density at radius 3 is 2.40 bits per heavy atom. The Hall–Kier alpha value is -4.68. The van der Waals surface area contributed by atoms with Crippen LogP contribution in [-0.2, 0) is 24.1 Å². The summed E-state index contributed by atoms with van der Waals surface area (Å²) in [6.45, 7) is 0.383. The molecule has 6 heteroatoms. The molecule has 0 saturated heterocycles. The number of H-pyrrole nitrogens is 1. The van der Waals surface area contributed by atoms with Crippen molar-refractivity contribution in [1.29, 1.82) is 0 Å². The number of hydrogen-bond acceptors (Lipinski definition) is 4. The van der Waals surface area contributed by atoms with E-state index in [1.54, 1.807) is 17.6 Å². The highest BCUT2D eigenvalue weighted by Crippen LogP contribution is 2.38. The van der Waals surface area contributed by atoms with Gasteiger partial charge in [0, 0.05) is 34.3 Å². The van der Waals surface area contributed by atoms with Crippen molar-refractivity contribution in [2.75, 3.05) is 6.61 Å². The minimum atomic E-state index is -0.846. The summed E-state index contributed by atoms with van der Waals surface area (Å²) in [5.74, 6) is -0.00217. The Bertz CT molecular complexity index is 1880. The number of carboxylic acids is 1. The number of allylic oxidation sites excluding steroid dienone is 1. The molecule has 256 valence electrons. The van der Waals surface area contributed by atoms with Crippen LogP contribution in [0.25, 0.3) is 21.7 Å². The lowest BCUT2D eigenvalue weighted by Crippen LogP contribution is -2.41. The first-order valence-corrected chi connectivity index (χ1v) is 19.0. The third-order valence-electron chi connectivity index (χ3n) is 10.5. The zero-order valence-corrected chi connectivity index (χ0v) is 29.4. The topological polar surface area (TPSA) is 74.7 Å². The molecule has 0 radical (unpaired) electrons. The van der Waals surface area contributed by atoms with Gasteiger partial charge in [0.2, 0.25) is 0 Å². The standard InChI is InChI=1S/C44H46N2O3S/c47-43(48)40(44(25-8-27-46-44)26-28-49-38-13-5-2-6-14-38)30-39-23-24-42(50-39)37-21-19-36(20-22-37)41-29-33(31-45-41)10-7-9-32-15-17-35(18-16-32)34-11-3-1-4-12-34/h2,5-6,8,13-25,27,29,31,34,40,45H,1,3-4,7,9-12,26,28,30H2,(H,47,48). The second-order valence-electron chi connectivity index (χ2n) is 13.8. The van der Waals surface area contributed by atoms with E-state index < -0.39 is 17.4 Å². The number of aromatic amines is 1. The van der Waals surface area contributed by atoms with Crippen molar-refractivity contribution in [3.05, 3.63) is 137 Å². The smallest absolute Gasteiger partial charge is 0.309 e. The number of aliphatic carboxylic acids is 1. The average molecular weight is 683 g/mol. The number of thiophene rings is 1. The lowest BCUT2D eigenvalue weighted by Gasteiger charge is -2.30. The molecule has 2 unspecified atom stereocenters. The highest BCUT2D eigenvalue weighted by Gasteiger charge is 2.42. The Kier molecular flexibility index (Phi) is 10.7. The van der Waals surface area contributed by atoms with Gasteiger partial charge in [-0.2, -0.15) is 0 Å². The summed E-state index contributed by atoms with van der Waals surface area (Å²) in [6, 6.07) is 34.1. The summed E-state index contributed by atoms with van der Waals surface area (Å²) in [6.07, 6.45) is 18.7. The molecular formula is C44H46N2O3S. The third-order valence-corrected chi connectivity index (χ3v) is 11.6. The zero-order valence-electron chi connectivity index (χ0n) is 28.6. The van der Waals surface area contributed by atoms with Crippen LogP contribution in [-0.4, -0.2) is 34.4 Å². The van der Waals surface area contributed by atoms with Gasteiger partial charge in [0.05, 0.1) is 18.1 Å². The van der Waals surface area contributed by atoms with Gasteiger partial charge in [-0.3, -0.25) is 9.79 Å². The Balaban J connectivity index is 0.932. The van der Waals surface area contributed by atoms with Gasteiger partial charge in [-0.25, -0.2) is 0 Å². The highest BCUT2D eigenvalue weighted by atomic mass is 32.1. The van der Waals surface area contributed by atoms with E-state index in [9.17, 15) is 9.90 Å². The molecule has 1 saturated carbocycles. The van der Waals surface area contributed by atoms with E-state index in [-0.39, 0.29) is 0 Å². The fourth-order valence-electron chi connectivity index (χ4n) is 7.59. The lowest BCUT2D eigenvalue weighted by atomic mass is 9.79. The van der Waals surface area contributed by atoms with Crippen LogP contribution in [0.3, 0.4) is 0 Å². The van der Waals surface area contributed by atoms with E-state index in [0.717, 1.165) is 57.5 Å². The molecule has 1 aliphatic heterocycles. The summed E-state index contributed by atoms with van der Waals surface area (Å²) in [4.78, 5) is 22.9. The minimum absolute atomic E-state index is 0.383. The normalized spacial score (nSPS) is 18.0. The number of rotatable bonds is 15. The number of nitrogens with one attached hydrogen (secondary N) is 1. The minimum Gasteiger partial charge on any atom is -0.493 e. The van der Waals surface area contributed by atoms with Crippen molar-refractivity contribution >= 4 is 23.5 Å². The summed E-state index contributed by atoms with van der Waals surface area (Å²) in [7, 11) is 0. The monoisotopic (exact) mass is 682 g/mol. The first kappa shape index (κ1) is 33.8. The van der Waals surface area contributed by atoms with Gasteiger partial charge in [-0.1, -0.05) is 92.1 Å². The maximum absolute atomic E-state index is 12.6. The molecule has 1 fully saturated rings. The second kappa shape index (κ2) is 15.9. The average Bonchev–Trinajstić information content (AvgIpc) is 3.94. The van der Waals surface area contributed by atoms with Crippen molar-refractivity contribution in [2.45, 2.75) is 75.7 Å². The maximum atomic E-state index is 12.6. The predicted molar refractivity (Wildman–Crippen MR) is 206 cm³/mol. The number of aryl methyl sites for hydroxylation is 2. The Morgan fingerprint density at radius 2 is 1.66 bits per heavy atom. The van der Waals surface area contributed by atoms with Gasteiger partial charge in [0.1, 0.15) is 5.75 Å². The maximum Gasteiger partial charge on any atom is 0.309 e. The molecule has 5 aromatic rings. The van der Waals surface area contributed by atoms with E-state index >= 15 is 0 Å². The summed E-state index contributed by atoms with van der Waals surface area (Å²) in [5, 5.41) is 10.3. The van der Waals surface area contributed by atoms with Crippen LogP contribution in [0.4, 0.5) is 0 Å². The number of ether oxygens (including phenoxy) is 1. The molecule has 2 N–H and O–H groups in total. The number of nitrogens with zero attached hydrogens (tertiary/aromatic N) is 1. The van der Waals surface area contributed by atoms with Gasteiger partial charge in [-0.05, 0) is 109 Å². The van der Waals surface area contributed by atoms with Crippen molar-refractivity contribution in [2.24, 2.45) is 10.9 Å².